The molecule has 1 heterocycles. The van der Waals surface area contributed by atoms with E-state index in [9.17, 15) is 13.7 Å². The zero-order valence-electron chi connectivity index (χ0n) is 15.7. The molecule has 8 heteroatoms. The maximum absolute atomic E-state index is 12.9. The van der Waals surface area contributed by atoms with Crippen LogP contribution in [0.5, 0.6) is 0 Å². The molecule has 0 spiro atoms. The molecule has 29 heavy (non-hydrogen) atoms. The molecule has 146 valence electrons. The smallest absolute Gasteiger partial charge is 0.249 e. The molecule has 2 N–H and O–H groups in total. The van der Waals surface area contributed by atoms with E-state index < -0.39 is 9.84 Å². The fourth-order valence-corrected chi connectivity index (χ4v) is 5.64. The van der Waals surface area contributed by atoms with Crippen LogP contribution in [-0.2, 0) is 35.5 Å². The van der Waals surface area contributed by atoms with Gasteiger partial charge in [-0.15, -0.1) is 5.10 Å². The first-order chi connectivity index (χ1) is 14.1. The van der Waals surface area contributed by atoms with Crippen molar-refractivity contribution in [2.45, 2.75) is 48.6 Å². The van der Waals surface area contributed by atoms with E-state index in [1.807, 2.05) is 6.07 Å². The Morgan fingerprint density at radius 2 is 1.72 bits per heavy atom. The zero-order chi connectivity index (χ0) is 20.0. The molecule has 2 aliphatic carbocycles. The minimum atomic E-state index is -3.97. The summed E-state index contributed by atoms with van der Waals surface area (Å²) in [6.07, 6.45) is 6.44. The molecule has 7 nitrogen and oxygen atoms in total. The van der Waals surface area contributed by atoms with Gasteiger partial charge in [-0.1, -0.05) is 18.2 Å². The minimum Gasteiger partial charge on any atom is -0.322 e. The highest BCUT2D eigenvalue weighted by molar-refractivity contribution is 7.91. The van der Waals surface area contributed by atoms with Crippen molar-refractivity contribution >= 4 is 21.5 Å². The Morgan fingerprint density at radius 1 is 1.03 bits per heavy atom. The van der Waals surface area contributed by atoms with E-state index in [1.165, 1.54) is 34.4 Å². The van der Waals surface area contributed by atoms with Gasteiger partial charge >= 0.3 is 0 Å². The van der Waals surface area contributed by atoms with E-state index >= 15 is 0 Å². The fourth-order valence-electron chi connectivity index (χ4n) is 4.40. The second-order valence-electron chi connectivity index (χ2n) is 7.43. The summed E-state index contributed by atoms with van der Waals surface area (Å²) < 4.78 is 25.9. The van der Waals surface area contributed by atoms with Gasteiger partial charge in [-0.3, -0.25) is 0 Å². The molecule has 0 unspecified atom stereocenters. The first kappa shape index (κ1) is 17.9. The van der Waals surface area contributed by atoms with E-state index in [1.54, 1.807) is 12.1 Å². The maximum atomic E-state index is 12.9. The number of rotatable bonds is 4. The first-order valence-electron chi connectivity index (χ1n) is 9.68. The van der Waals surface area contributed by atoms with Crippen LogP contribution in [0, 0.1) is 11.3 Å². The Morgan fingerprint density at radius 3 is 2.41 bits per heavy atom. The molecule has 0 fully saturated rings. The van der Waals surface area contributed by atoms with Crippen LogP contribution in [-0.4, -0.2) is 23.6 Å². The van der Waals surface area contributed by atoms with Gasteiger partial charge in [-0.05, 0) is 72.9 Å². The van der Waals surface area contributed by atoms with Crippen LogP contribution in [0.4, 0.5) is 11.6 Å². The van der Waals surface area contributed by atoms with Gasteiger partial charge in [-0.2, -0.15) is 10.2 Å². The minimum absolute atomic E-state index is 0.0771. The average Bonchev–Trinajstić information content (AvgIpc) is 3.48. The molecule has 5 rings (SSSR count). The topological polar surface area (TPSA) is 112 Å². The second-order valence-corrected chi connectivity index (χ2v) is 9.27. The van der Waals surface area contributed by atoms with Gasteiger partial charge in [0.1, 0.15) is 6.07 Å². The van der Waals surface area contributed by atoms with Gasteiger partial charge in [0.15, 0.2) is 0 Å². The Labute approximate surface area is 168 Å². The molecule has 2 aromatic carbocycles. The highest BCUT2D eigenvalue weighted by atomic mass is 32.2. The molecule has 0 amide bonds. The quantitative estimate of drug-likeness (QED) is 0.689. The molecular weight excluding hydrogens is 386 g/mol. The summed E-state index contributed by atoms with van der Waals surface area (Å²) in [6.45, 7) is 0. The number of hydrogen-bond acceptors (Lipinski definition) is 6. The molecule has 0 bridgehead atoms. The van der Waals surface area contributed by atoms with Crippen molar-refractivity contribution in [1.29, 1.82) is 5.26 Å². The van der Waals surface area contributed by atoms with E-state index in [4.69, 9.17) is 0 Å². The van der Waals surface area contributed by atoms with Crippen LogP contribution in [0.3, 0.4) is 0 Å². The molecule has 0 saturated heterocycles. The first-order valence-corrected chi connectivity index (χ1v) is 11.2. The molecule has 3 aromatic rings. The largest absolute Gasteiger partial charge is 0.322 e. The molecular formula is C21H19N5O2S. The molecule has 2 aliphatic rings. The van der Waals surface area contributed by atoms with Gasteiger partial charge < -0.3 is 5.32 Å². The number of anilines is 2. The lowest BCUT2D eigenvalue weighted by atomic mass is 9.99. The van der Waals surface area contributed by atoms with Crippen LogP contribution in [0.25, 0.3) is 0 Å². The van der Waals surface area contributed by atoms with E-state index in [0.717, 1.165) is 44.2 Å². The van der Waals surface area contributed by atoms with E-state index in [0.29, 0.717) is 0 Å². The monoisotopic (exact) mass is 405 g/mol. The average molecular weight is 405 g/mol. The van der Waals surface area contributed by atoms with Gasteiger partial charge in [0.05, 0.1) is 10.5 Å². The molecule has 0 atom stereocenters. The third-order valence-corrected chi connectivity index (χ3v) is 7.35. The number of nitriles is 1. The summed E-state index contributed by atoms with van der Waals surface area (Å²) >= 11 is 0. The summed E-state index contributed by atoms with van der Waals surface area (Å²) in [6, 6.07) is 10.3. The van der Waals surface area contributed by atoms with Crippen LogP contribution in [0.1, 0.15) is 40.7 Å². The van der Waals surface area contributed by atoms with Crippen molar-refractivity contribution in [2.24, 2.45) is 0 Å². The Kier molecular flexibility index (Phi) is 4.14. The number of aromatic nitrogens is 3. The lowest BCUT2D eigenvalue weighted by Gasteiger charge is -2.15. The lowest BCUT2D eigenvalue weighted by molar-refractivity contribution is 0.587. The third-order valence-electron chi connectivity index (χ3n) is 5.73. The SMILES string of the molecule is N#Cc1ccccc1S(=O)(=O)c1nc(Nc2c3c(cc4c2CCC4)CCC3)n[nH]1. The maximum Gasteiger partial charge on any atom is 0.249 e. The number of aromatic amines is 1. The van der Waals surface area contributed by atoms with Gasteiger partial charge in [0.2, 0.25) is 20.9 Å². The predicted octanol–water partition coefficient (Wildman–Crippen LogP) is 3.23. The van der Waals surface area contributed by atoms with Crippen molar-refractivity contribution in [2.75, 3.05) is 5.32 Å². The third kappa shape index (κ3) is 2.89. The number of sulfone groups is 1. The number of nitrogens with zero attached hydrogens (tertiary/aromatic N) is 3. The van der Waals surface area contributed by atoms with Crippen molar-refractivity contribution in [3.63, 3.8) is 0 Å². The fraction of sp³-hybridized carbons (Fsp3) is 0.286. The zero-order valence-corrected chi connectivity index (χ0v) is 16.5. The standard InChI is InChI=1S/C21H19N5O2S/c22-12-15-5-1-2-10-18(15)29(27,28)21-24-20(25-26-21)23-19-16-8-3-6-13(16)11-14-7-4-9-17(14)19/h1-2,5,10-11H,3-4,6-9H2,(H2,23,24,25,26). The van der Waals surface area contributed by atoms with E-state index in [2.05, 4.69) is 26.6 Å². The number of aryl methyl sites for hydroxylation is 2. The number of H-pyrrole nitrogens is 1. The van der Waals surface area contributed by atoms with Crippen molar-refractivity contribution in [3.05, 3.63) is 58.1 Å². The molecule has 0 aliphatic heterocycles. The number of fused-ring (bicyclic) bond motifs is 2. The number of benzene rings is 2. The van der Waals surface area contributed by atoms with Crippen molar-refractivity contribution in [3.8, 4) is 6.07 Å². The van der Waals surface area contributed by atoms with Crippen LogP contribution >= 0.6 is 0 Å². The van der Waals surface area contributed by atoms with Crippen LogP contribution in [0.15, 0.2) is 40.4 Å². The van der Waals surface area contributed by atoms with Gasteiger partial charge in [0.25, 0.3) is 0 Å². The van der Waals surface area contributed by atoms with Crippen molar-refractivity contribution < 1.29 is 8.42 Å². The predicted molar refractivity (Wildman–Crippen MR) is 107 cm³/mol. The summed E-state index contributed by atoms with van der Waals surface area (Å²) in [4.78, 5) is 4.13. The van der Waals surface area contributed by atoms with Crippen LogP contribution in [0.2, 0.25) is 0 Å². The summed E-state index contributed by atoms with van der Waals surface area (Å²) in [7, 11) is -3.97. The van der Waals surface area contributed by atoms with Crippen LogP contribution < -0.4 is 5.32 Å². The summed E-state index contributed by atoms with van der Waals surface area (Å²) in [5.41, 5.74) is 6.48. The van der Waals surface area contributed by atoms with E-state index in [-0.39, 0.29) is 21.6 Å². The molecule has 0 saturated carbocycles. The number of nitrogens with one attached hydrogen (secondary N) is 2. The lowest BCUT2D eigenvalue weighted by Crippen LogP contribution is -2.07. The van der Waals surface area contributed by atoms with Gasteiger partial charge in [-0.25, -0.2) is 13.5 Å². The molecule has 0 radical (unpaired) electrons. The normalized spacial score (nSPS) is 15.0. The summed E-state index contributed by atoms with van der Waals surface area (Å²) in [5, 5.41) is 18.9. The van der Waals surface area contributed by atoms with Gasteiger partial charge in [0, 0.05) is 5.69 Å². The Balaban J connectivity index is 1.52. The highest BCUT2D eigenvalue weighted by Gasteiger charge is 2.27. The Bertz CT molecular complexity index is 1240. The summed E-state index contributed by atoms with van der Waals surface area (Å²) in [5.74, 6) is 0.229. The second kappa shape index (κ2) is 6.71. The Hall–Kier alpha value is -3.18. The number of hydrogen-bond donors (Lipinski definition) is 2. The highest BCUT2D eigenvalue weighted by Crippen LogP contribution is 2.39. The van der Waals surface area contributed by atoms with Crippen molar-refractivity contribution in [1.82, 2.24) is 15.2 Å². The molecule has 1 aromatic heterocycles.